The zero-order valence-corrected chi connectivity index (χ0v) is 13.4. The maximum atomic E-state index is 6.08. The van der Waals surface area contributed by atoms with Crippen LogP contribution in [0.4, 0.5) is 0 Å². The van der Waals surface area contributed by atoms with Crippen molar-refractivity contribution in [2.75, 3.05) is 13.6 Å². The molecule has 5 heteroatoms. The van der Waals surface area contributed by atoms with Gasteiger partial charge in [-0.05, 0) is 28.9 Å². The summed E-state index contributed by atoms with van der Waals surface area (Å²) in [5.41, 5.74) is 6.08. The highest BCUT2D eigenvalue weighted by atomic mass is 79.9. The van der Waals surface area contributed by atoms with E-state index < -0.39 is 0 Å². The van der Waals surface area contributed by atoms with Crippen molar-refractivity contribution in [3.05, 3.63) is 20.8 Å². The molecule has 1 aromatic rings. The molecular weight excluding hydrogens is 298 g/mol. The van der Waals surface area contributed by atoms with E-state index in [-0.39, 0.29) is 6.04 Å². The fraction of sp³-hybridized carbons (Fsp3) is 0.583. The van der Waals surface area contributed by atoms with Gasteiger partial charge in [-0.2, -0.15) is 0 Å². The molecule has 0 aliphatic rings. The van der Waals surface area contributed by atoms with E-state index in [9.17, 15) is 0 Å². The molecule has 0 aliphatic heterocycles. The number of amidine groups is 1. The van der Waals surface area contributed by atoms with Crippen LogP contribution in [0.25, 0.3) is 0 Å². The zero-order chi connectivity index (χ0) is 13.3. The van der Waals surface area contributed by atoms with Crippen molar-refractivity contribution in [1.82, 2.24) is 5.32 Å². The van der Waals surface area contributed by atoms with Crippen LogP contribution in [0.15, 0.2) is 20.9 Å². The molecule has 1 aromatic heterocycles. The van der Waals surface area contributed by atoms with Gasteiger partial charge in [-0.25, -0.2) is 0 Å². The molecule has 3 nitrogen and oxygen atoms in total. The second-order valence-electron chi connectivity index (χ2n) is 3.18. The van der Waals surface area contributed by atoms with Gasteiger partial charge in [-0.3, -0.25) is 4.99 Å². The SMILES string of the molecule is CC.CCNC(CC(N)c1cc(Br)cs1)=NC. The van der Waals surface area contributed by atoms with Gasteiger partial charge in [0.15, 0.2) is 0 Å². The van der Waals surface area contributed by atoms with Crippen LogP contribution < -0.4 is 11.1 Å². The molecule has 3 N–H and O–H groups in total. The fourth-order valence-corrected chi connectivity index (χ4v) is 2.73. The average Bonchev–Trinajstić information content (AvgIpc) is 2.78. The van der Waals surface area contributed by atoms with Crippen molar-refractivity contribution in [3.63, 3.8) is 0 Å². The van der Waals surface area contributed by atoms with E-state index >= 15 is 0 Å². The fourth-order valence-electron chi connectivity index (χ4n) is 1.28. The number of nitrogens with zero attached hydrogens (tertiary/aromatic N) is 1. The van der Waals surface area contributed by atoms with E-state index in [1.807, 2.05) is 19.2 Å². The summed E-state index contributed by atoms with van der Waals surface area (Å²) in [6.45, 7) is 6.94. The zero-order valence-electron chi connectivity index (χ0n) is 11.0. The first-order valence-electron chi connectivity index (χ1n) is 5.86. The van der Waals surface area contributed by atoms with Gasteiger partial charge >= 0.3 is 0 Å². The Labute approximate surface area is 117 Å². The second kappa shape index (κ2) is 9.62. The number of nitrogens with one attached hydrogen (secondary N) is 1. The first-order chi connectivity index (χ1) is 8.17. The molecule has 1 heterocycles. The number of aliphatic imine (C=N–C) groups is 1. The van der Waals surface area contributed by atoms with Crippen LogP contribution in [0, 0.1) is 0 Å². The first-order valence-corrected chi connectivity index (χ1v) is 7.53. The van der Waals surface area contributed by atoms with Crippen molar-refractivity contribution in [2.45, 2.75) is 33.2 Å². The molecule has 0 saturated heterocycles. The number of hydrogen-bond acceptors (Lipinski definition) is 3. The van der Waals surface area contributed by atoms with Crippen LogP contribution in [0.3, 0.4) is 0 Å². The summed E-state index contributed by atoms with van der Waals surface area (Å²) in [5, 5.41) is 5.25. The standard InChI is InChI=1S/C10H16BrN3S.C2H6/c1-3-14-10(13-2)5-8(12)9-4-7(11)6-15-9;1-2/h4,6,8H,3,5,12H2,1-2H3,(H,13,14);1-2H3. The Hall–Kier alpha value is -0.390. The van der Waals surface area contributed by atoms with Crippen molar-refractivity contribution in [1.29, 1.82) is 0 Å². The Balaban J connectivity index is 0.00000121. The lowest BCUT2D eigenvalue weighted by molar-refractivity contribution is 0.752. The maximum absolute atomic E-state index is 6.08. The Morgan fingerprint density at radius 3 is 2.65 bits per heavy atom. The molecule has 0 spiro atoms. The summed E-state index contributed by atoms with van der Waals surface area (Å²) in [5.74, 6) is 0.967. The van der Waals surface area contributed by atoms with Crippen LogP contribution in [-0.2, 0) is 0 Å². The van der Waals surface area contributed by atoms with E-state index in [0.29, 0.717) is 0 Å². The molecule has 0 aliphatic carbocycles. The summed E-state index contributed by atoms with van der Waals surface area (Å²) in [4.78, 5) is 5.35. The summed E-state index contributed by atoms with van der Waals surface area (Å²) in [6, 6.07) is 2.09. The molecule has 0 fully saturated rings. The predicted octanol–water partition coefficient (Wildman–Crippen LogP) is 3.56. The van der Waals surface area contributed by atoms with E-state index in [1.165, 1.54) is 4.88 Å². The highest BCUT2D eigenvalue weighted by Crippen LogP contribution is 2.25. The minimum atomic E-state index is 0.0269. The van der Waals surface area contributed by atoms with Gasteiger partial charge in [0, 0.05) is 40.8 Å². The lowest BCUT2D eigenvalue weighted by Crippen LogP contribution is -2.27. The minimum absolute atomic E-state index is 0.0269. The highest BCUT2D eigenvalue weighted by Gasteiger charge is 2.11. The maximum Gasteiger partial charge on any atom is 0.0978 e. The van der Waals surface area contributed by atoms with E-state index in [4.69, 9.17) is 5.73 Å². The molecule has 0 radical (unpaired) electrons. The molecule has 1 atom stereocenters. The Morgan fingerprint density at radius 1 is 1.59 bits per heavy atom. The largest absolute Gasteiger partial charge is 0.374 e. The Morgan fingerprint density at radius 2 is 2.24 bits per heavy atom. The van der Waals surface area contributed by atoms with Gasteiger partial charge in [0.2, 0.25) is 0 Å². The quantitative estimate of drug-likeness (QED) is 0.658. The number of hydrogen-bond donors (Lipinski definition) is 2. The molecule has 1 unspecified atom stereocenters. The first kappa shape index (κ1) is 16.6. The van der Waals surface area contributed by atoms with Crippen molar-refractivity contribution in [2.24, 2.45) is 10.7 Å². The summed E-state index contributed by atoms with van der Waals surface area (Å²) in [6.07, 6.45) is 0.761. The van der Waals surface area contributed by atoms with Gasteiger partial charge in [0.25, 0.3) is 0 Å². The summed E-state index contributed by atoms with van der Waals surface area (Å²) >= 11 is 5.10. The van der Waals surface area contributed by atoms with Crippen LogP contribution >= 0.6 is 27.3 Å². The van der Waals surface area contributed by atoms with Crippen LogP contribution in [0.5, 0.6) is 0 Å². The third-order valence-corrected chi connectivity index (χ3v) is 3.84. The van der Waals surface area contributed by atoms with Gasteiger partial charge in [-0.15, -0.1) is 11.3 Å². The van der Waals surface area contributed by atoms with Crippen molar-refractivity contribution >= 4 is 33.1 Å². The van der Waals surface area contributed by atoms with E-state index in [0.717, 1.165) is 23.3 Å². The van der Waals surface area contributed by atoms with Gasteiger partial charge < -0.3 is 11.1 Å². The minimum Gasteiger partial charge on any atom is -0.374 e. The van der Waals surface area contributed by atoms with Crippen molar-refractivity contribution in [3.8, 4) is 0 Å². The molecule has 98 valence electrons. The monoisotopic (exact) mass is 319 g/mol. The summed E-state index contributed by atoms with van der Waals surface area (Å²) in [7, 11) is 1.79. The van der Waals surface area contributed by atoms with E-state index in [1.54, 1.807) is 18.4 Å². The van der Waals surface area contributed by atoms with Crippen LogP contribution in [0.1, 0.15) is 38.1 Å². The molecule has 17 heavy (non-hydrogen) atoms. The number of rotatable bonds is 4. The topological polar surface area (TPSA) is 50.4 Å². The predicted molar refractivity (Wildman–Crippen MR) is 81.9 cm³/mol. The lowest BCUT2D eigenvalue weighted by atomic mass is 10.1. The Kier molecular flexibility index (Phi) is 9.40. The average molecular weight is 320 g/mol. The smallest absolute Gasteiger partial charge is 0.0978 e. The number of thiophene rings is 1. The third kappa shape index (κ3) is 6.19. The molecule has 0 saturated carbocycles. The van der Waals surface area contributed by atoms with Gasteiger partial charge in [-0.1, -0.05) is 13.8 Å². The molecule has 1 rings (SSSR count). The normalized spacial score (nSPS) is 12.7. The van der Waals surface area contributed by atoms with Crippen LogP contribution in [0.2, 0.25) is 0 Å². The Bertz CT molecular complexity index is 336. The molecule has 0 aromatic carbocycles. The molecule has 0 amide bonds. The highest BCUT2D eigenvalue weighted by molar-refractivity contribution is 9.10. The number of nitrogens with two attached hydrogens (primary N) is 1. The van der Waals surface area contributed by atoms with Gasteiger partial charge in [0.05, 0.1) is 5.84 Å². The summed E-state index contributed by atoms with van der Waals surface area (Å²) < 4.78 is 1.09. The lowest BCUT2D eigenvalue weighted by Gasteiger charge is -2.12. The van der Waals surface area contributed by atoms with Crippen LogP contribution in [-0.4, -0.2) is 19.4 Å². The molecular formula is C12H22BrN3S. The van der Waals surface area contributed by atoms with Gasteiger partial charge in [0.1, 0.15) is 0 Å². The third-order valence-electron chi connectivity index (χ3n) is 2.02. The van der Waals surface area contributed by atoms with Crippen molar-refractivity contribution < 1.29 is 0 Å². The van der Waals surface area contributed by atoms with E-state index in [2.05, 4.69) is 39.2 Å². The molecule has 0 bridgehead atoms. The second-order valence-corrected chi connectivity index (χ2v) is 5.04. The number of halogens is 1.